The molecular formula is C36H42N4O7. The summed E-state index contributed by atoms with van der Waals surface area (Å²) in [7, 11) is 0. The van der Waals surface area contributed by atoms with E-state index in [4.69, 9.17) is 14.6 Å². The van der Waals surface area contributed by atoms with Crippen LogP contribution in [0.3, 0.4) is 0 Å². The van der Waals surface area contributed by atoms with Crippen LogP contribution >= 0.6 is 0 Å². The molecule has 2 amide bonds. The summed E-state index contributed by atoms with van der Waals surface area (Å²) in [5.74, 6) is -1.21. The van der Waals surface area contributed by atoms with Gasteiger partial charge >= 0.3 is 5.97 Å². The second-order valence-corrected chi connectivity index (χ2v) is 12.5. The number of hydrogen-bond donors (Lipinski definition) is 4. The normalized spacial score (nSPS) is 22.6. The van der Waals surface area contributed by atoms with Crippen molar-refractivity contribution in [1.29, 1.82) is 0 Å². The quantitative estimate of drug-likeness (QED) is 0.247. The Hall–Kier alpha value is -4.29. The number of benzene rings is 3. The average molecular weight is 643 g/mol. The molecule has 3 heterocycles. The van der Waals surface area contributed by atoms with Crippen LogP contribution in [0.2, 0.25) is 0 Å². The summed E-state index contributed by atoms with van der Waals surface area (Å²) >= 11 is 0. The Morgan fingerprint density at radius 2 is 1.57 bits per heavy atom. The predicted molar refractivity (Wildman–Crippen MR) is 174 cm³/mol. The van der Waals surface area contributed by atoms with E-state index in [1.54, 1.807) is 0 Å². The number of aliphatic carboxylic acids is 1. The van der Waals surface area contributed by atoms with Gasteiger partial charge in [0.15, 0.2) is 6.29 Å². The lowest BCUT2D eigenvalue weighted by molar-refractivity contribution is -0.253. The summed E-state index contributed by atoms with van der Waals surface area (Å²) in [5, 5.41) is 24.2. The largest absolute Gasteiger partial charge is 0.481 e. The van der Waals surface area contributed by atoms with Gasteiger partial charge in [-0.25, -0.2) is 0 Å². The zero-order valence-electron chi connectivity index (χ0n) is 26.3. The summed E-state index contributed by atoms with van der Waals surface area (Å²) in [5.41, 5.74) is 4.08. The molecule has 0 radical (unpaired) electrons. The minimum atomic E-state index is -1.00. The van der Waals surface area contributed by atoms with E-state index in [2.05, 4.69) is 32.6 Å². The number of piperidine rings is 1. The van der Waals surface area contributed by atoms with Gasteiger partial charge in [-0.15, -0.1) is 0 Å². The van der Waals surface area contributed by atoms with Gasteiger partial charge in [-0.1, -0.05) is 66.7 Å². The first-order valence-electron chi connectivity index (χ1n) is 16.2. The molecular weight excluding hydrogens is 600 g/mol. The molecule has 0 saturated carbocycles. The number of ether oxygens (including phenoxy) is 2. The highest BCUT2D eigenvalue weighted by Gasteiger charge is 2.50. The maximum Gasteiger partial charge on any atom is 0.303 e. The molecule has 1 spiro atoms. The van der Waals surface area contributed by atoms with Crippen LogP contribution in [0.5, 0.6) is 0 Å². The summed E-state index contributed by atoms with van der Waals surface area (Å²) < 4.78 is 13.1. The van der Waals surface area contributed by atoms with Gasteiger partial charge in [-0.05, 0) is 41.7 Å². The van der Waals surface area contributed by atoms with Crippen molar-refractivity contribution in [3.05, 3.63) is 101 Å². The monoisotopic (exact) mass is 642 g/mol. The summed E-state index contributed by atoms with van der Waals surface area (Å²) in [6.07, 6.45) is 0.892. The Kier molecular flexibility index (Phi) is 10.2. The lowest BCUT2D eigenvalue weighted by Gasteiger charge is -2.45. The SMILES string of the molecule is O=C(O)CCC(=O)NCc1ccc([C@H]2O[C@@H](CN3CCC4(CC3)C(=O)NCN4c3ccccc3)C[C@@H](c3ccc(CO)cc3)O2)cc1. The van der Waals surface area contributed by atoms with Crippen molar-refractivity contribution in [1.82, 2.24) is 15.5 Å². The fourth-order valence-corrected chi connectivity index (χ4v) is 6.76. The summed E-state index contributed by atoms with van der Waals surface area (Å²) in [4.78, 5) is 40.5. The number of carboxylic acids is 1. The van der Waals surface area contributed by atoms with Crippen LogP contribution in [0.4, 0.5) is 5.69 Å². The molecule has 6 rings (SSSR count). The third-order valence-corrected chi connectivity index (χ3v) is 9.47. The van der Waals surface area contributed by atoms with E-state index in [9.17, 15) is 19.5 Å². The highest BCUT2D eigenvalue weighted by Crippen LogP contribution is 2.40. The average Bonchev–Trinajstić information content (AvgIpc) is 3.42. The van der Waals surface area contributed by atoms with Gasteiger partial charge in [-0.2, -0.15) is 0 Å². The number of amides is 2. The van der Waals surface area contributed by atoms with Crippen molar-refractivity contribution in [2.24, 2.45) is 0 Å². The summed E-state index contributed by atoms with van der Waals surface area (Å²) in [6, 6.07) is 25.6. The van der Waals surface area contributed by atoms with E-state index in [1.807, 2.05) is 66.7 Å². The standard InChI is InChI=1S/C36H42N4O7/c41-23-26-8-10-27(11-9-26)31-20-30(46-34(47-31)28-12-6-25(7-13-28)21-37-32(42)14-15-33(43)44)22-39-18-16-36(17-19-39)35(45)38-24-40(36)29-4-2-1-3-5-29/h1-13,30-31,34,41H,14-24H2,(H,37,42)(H,38,45)(H,43,44)/t30-,31+,34+/m1/s1. The van der Waals surface area contributed by atoms with Crippen LogP contribution < -0.4 is 15.5 Å². The molecule has 0 bridgehead atoms. The number of anilines is 1. The van der Waals surface area contributed by atoms with Crippen LogP contribution in [0.1, 0.15) is 66.8 Å². The topological polar surface area (TPSA) is 141 Å². The number of hydrogen-bond acceptors (Lipinski definition) is 8. The Bertz CT molecular complexity index is 1530. The minimum absolute atomic E-state index is 0.0251. The molecule has 3 aromatic carbocycles. The zero-order valence-corrected chi connectivity index (χ0v) is 26.3. The van der Waals surface area contributed by atoms with Gasteiger partial charge in [-0.3, -0.25) is 14.4 Å². The molecule has 4 N–H and O–H groups in total. The highest BCUT2D eigenvalue weighted by molar-refractivity contribution is 5.93. The van der Waals surface area contributed by atoms with Crippen molar-refractivity contribution in [3.63, 3.8) is 0 Å². The third-order valence-electron chi connectivity index (χ3n) is 9.47. The van der Waals surface area contributed by atoms with E-state index < -0.39 is 17.8 Å². The number of aliphatic hydroxyl groups is 1. The number of para-hydroxylation sites is 1. The molecule has 11 heteroatoms. The van der Waals surface area contributed by atoms with Gasteiger partial charge in [0.05, 0.1) is 31.9 Å². The van der Waals surface area contributed by atoms with E-state index in [1.165, 1.54) is 0 Å². The fourth-order valence-electron chi connectivity index (χ4n) is 6.76. The number of rotatable bonds is 11. The van der Waals surface area contributed by atoms with E-state index in [0.717, 1.165) is 53.9 Å². The predicted octanol–water partition coefficient (Wildman–Crippen LogP) is 3.63. The molecule has 3 saturated heterocycles. The van der Waals surface area contributed by atoms with E-state index >= 15 is 0 Å². The molecule has 3 aliphatic heterocycles. The minimum Gasteiger partial charge on any atom is -0.481 e. The Morgan fingerprint density at radius 3 is 2.26 bits per heavy atom. The molecule has 3 atom stereocenters. The molecule has 3 aliphatic rings. The first-order chi connectivity index (χ1) is 22.8. The first-order valence-corrected chi connectivity index (χ1v) is 16.2. The van der Waals surface area contributed by atoms with Crippen LogP contribution in [0.25, 0.3) is 0 Å². The number of nitrogens with zero attached hydrogens (tertiary/aromatic N) is 2. The first kappa shape index (κ1) is 32.6. The molecule has 0 aromatic heterocycles. The fraction of sp³-hybridized carbons (Fsp3) is 0.417. The third kappa shape index (κ3) is 7.65. The Labute approximate surface area is 274 Å². The lowest BCUT2D eigenvalue weighted by atomic mass is 9.85. The van der Waals surface area contributed by atoms with Crippen molar-refractivity contribution < 1.29 is 34.1 Å². The lowest BCUT2D eigenvalue weighted by Crippen LogP contribution is -2.57. The maximum atomic E-state index is 13.2. The highest BCUT2D eigenvalue weighted by atomic mass is 16.7. The van der Waals surface area contributed by atoms with Crippen molar-refractivity contribution >= 4 is 23.5 Å². The van der Waals surface area contributed by atoms with Gasteiger partial charge in [0, 0.05) is 50.3 Å². The summed E-state index contributed by atoms with van der Waals surface area (Å²) in [6.45, 7) is 3.02. The number of carbonyl (C=O) groups excluding carboxylic acids is 2. The van der Waals surface area contributed by atoms with E-state index in [0.29, 0.717) is 26.2 Å². The van der Waals surface area contributed by atoms with Crippen LogP contribution in [0, 0.1) is 0 Å². The Balaban J connectivity index is 1.12. The number of carboxylic acid groups (broad SMARTS) is 1. The Morgan fingerprint density at radius 1 is 0.894 bits per heavy atom. The molecule has 11 nitrogen and oxygen atoms in total. The number of carbonyl (C=O) groups is 3. The van der Waals surface area contributed by atoms with Crippen LogP contribution in [-0.2, 0) is 37.0 Å². The van der Waals surface area contributed by atoms with Gasteiger partial charge in [0.1, 0.15) is 5.54 Å². The molecule has 3 aromatic rings. The second-order valence-electron chi connectivity index (χ2n) is 12.5. The van der Waals surface area contributed by atoms with Crippen LogP contribution in [-0.4, -0.2) is 70.8 Å². The molecule has 248 valence electrons. The van der Waals surface area contributed by atoms with Gasteiger partial charge in [0.25, 0.3) is 0 Å². The van der Waals surface area contributed by atoms with E-state index in [-0.39, 0.29) is 43.5 Å². The van der Waals surface area contributed by atoms with Crippen molar-refractivity contribution in [3.8, 4) is 0 Å². The zero-order chi connectivity index (χ0) is 32.8. The number of aliphatic hydroxyl groups excluding tert-OH is 1. The van der Waals surface area contributed by atoms with Gasteiger partial charge < -0.3 is 40.1 Å². The van der Waals surface area contributed by atoms with Crippen LogP contribution in [0.15, 0.2) is 78.9 Å². The number of likely N-dealkylation sites (tertiary alicyclic amines) is 1. The molecule has 47 heavy (non-hydrogen) atoms. The second kappa shape index (κ2) is 14.6. The molecule has 0 unspecified atom stereocenters. The van der Waals surface area contributed by atoms with Crippen molar-refractivity contribution in [2.45, 2.75) is 69.3 Å². The van der Waals surface area contributed by atoms with Gasteiger partial charge in [0.2, 0.25) is 11.8 Å². The van der Waals surface area contributed by atoms with Crippen molar-refractivity contribution in [2.75, 3.05) is 31.2 Å². The molecule has 0 aliphatic carbocycles. The smallest absolute Gasteiger partial charge is 0.303 e. The maximum absolute atomic E-state index is 13.2. The molecule has 3 fully saturated rings. The number of nitrogens with one attached hydrogen (secondary N) is 2.